The average molecular weight is 359 g/mol. The number of hydrogen-bond donors (Lipinski definition) is 1. The third kappa shape index (κ3) is 5.92. The Morgan fingerprint density at radius 1 is 1.50 bits per heavy atom. The Morgan fingerprint density at radius 2 is 2.31 bits per heavy atom. The van der Waals surface area contributed by atoms with E-state index in [0.29, 0.717) is 31.3 Å². The van der Waals surface area contributed by atoms with Gasteiger partial charge in [0.2, 0.25) is 11.8 Å². The van der Waals surface area contributed by atoms with Crippen LogP contribution in [0.25, 0.3) is 0 Å². The number of hydrogen-bond acceptors (Lipinski definition) is 4. The SMILES string of the molecule is CC#CCN(Cc1ccco1)C(=O)C[C@H]1C(=O)NCCN1CCC(C)C. The molecule has 1 N–H and O–H groups in total. The van der Waals surface area contributed by atoms with Crippen molar-refractivity contribution >= 4 is 11.8 Å². The zero-order valence-corrected chi connectivity index (χ0v) is 16.0. The summed E-state index contributed by atoms with van der Waals surface area (Å²) in [5.74, 6) is 6.89. The lowest BCUT2D eigenvalue weighted by molar-refractivity contribution is -0.139. The van der Waals surface area contributed by atoms with Crippen molar-refractivity contribution in [1.29, 1.82) is 0 Å². The highest BCUT2D eigenvalue weighted by Gasteiger charge is 2.32. The molecule has 0 bridgehead atoms. The number of amides is 2. The maximum absolute atomic E-state index is 12.9. The minimum Gasteiger partial charge on any atom is -0.467 e. The zero-order chi connectivity index (χ0) is 18.9. The van der Waals surface area contributed by atoms with Gasteiger partial charge >= 0.3 is 0 Å². The quantitative estimate of drug-likeness (QED) is 0.720. The summed E-state index contributed by atoms with van der Waals surface area (Å²) < 4.78 is 5.36. The fourth-order valence-electron chi connectivity index (χ4n) is 2.97. The summed E-state index contributed by atoms with van der Waals surface area (Å²) in [6.45, 7) is 9.02. The van der Waals surface area contributed by atoms with Crippen LogP contribution in [-0.2, 0) is 16.1 Å². The van der Waals surface area contributed by atoms with Crippen LogP contribution in [0.5, 0.6) is 0 Å². The second-order valence-corrected chi connectivity index (χ2v) is 6.99. The van der Waals surface area contributed by atoms with Gasteiger partial charge < -0.3 is 14.6 Å². The summed E-state index contributed by atoms with van der Waals surface area (Å²) >= 11 is 0. The van der Waals surface area contributed by atoms with Crippen molar-refractivity contribution in [2.45, 2.75) is 46.2 Å². The standard InChI is InChI=1S/C20H29N3O3/c1-4-5-10-23(15-17-7-6-13-26-17)19(24)14-18-20(25)21-9-12-22(18)11-8-16(2)3/h6-7,13,16,18H,8-12,14-15H2,1-3H3,(H,21,25)/t18-/m0/s1. The molecule has 26 heavy (non-hydrogen) atoms. The molecule has 1 aromatic rings. The van der Waals surface area contributed by atoms with Gasteiger partial charge in [0.15, 0.2) is 0 Å². The largest absolute Gasteiger partial charge is 0.467 e. The van der Waals surface area contributed by atoms with E-state index >= 15 is 0 Å². The van der Waals surface area contributed by atoms with Crippen molar-refractivity contribution < 1.29 is 14.0 Å². The van der Waals surface area contributed by atoms with Crippen LogP contribution in [0.15, 0.2) is 22.8 Å². The maximum atomic E-state index is 12.9. The van der Waals surface area contributed by atoms with E-state index < -0.39 is 6.04 Å². The normalized spacial score (nSPS) is 17.5. The third-order valence-electron chi connectivity index (χ3n) is 4.53. The second kappa shape index (κ2) is 10.0. The summed E-state index contributed by atoms with van der Waals surface area (Å²) in [5, 5.41) is 2.88. The first kappa shape index (κ1) is 20.1. The summed E-state index contributed by atoms with van der Waals surface area (Å²) in [4.78, 5) is 29.0. The molecule has 1 aliphatic rings. The number of piperazine rings is 1. The second-order valence-electron chi connectivity index (χ2n) is 6.99. The van der Waals surface area contributed by atoms with E-state index in [1.165, 1.54) is 0 Å². The zero-order valence-electron chi connectivity index (χ0n) is 16.0. The van der Waals surface area contributed by atoms with Gasteiger partial charge in [0, 0.05) is 13.1 Å². The van der Waals surface area contributed by atoms with E-state index in [1.807, 2.05) is 6.07 Å². The summed E-state index contributed by atoms with van der Waals surface area (Å²) in [7, 11) is 0. The molecule has 1 atom stereocenters. The number of rotatable bonds is 8. The smallest absolute Gasteiger partial charge is 0.237 e. The van der Waals surface area contributed by atoms with Gasteiger partial charge in [-0.1, -0.05) is 19.8 Å². The first-order valence-electron chi connectivity index (χ1n) is 9.22. The van der Waals surface area contributed by atoms with E-state index in [2.05, 4.69) is 35.9 Å². The van der Waals surface area contributed by atoms with Crippen LogP contribution in [0.4, 0.5) is 0 Å². The molecule has 0 aliphatic carbocycles. The van der Waals surface area contributed by atoms with Crippen molar-refractivity contribution in [3.63, 3.8) is 0 Å². The minimum absolute atomic E-state index is 0.0621. The number of carbonyl (C=O) groups excluding carboxylic acids is 2. The van der Waals surface area contributed by atoms with E-state index in [4.69, 9.17) is 4.42 Å². The number of furan rings is 1. The molecule has 2 heterocycles. The Morgan fingerprint density at radius 3 is 2.96 bits per heavy atom. The summed E-state index contributed by atoms with van der Waals surface area (Å²) in [6, 6.07) is 3.22. The summed E-state index contributed by atoms with van der Waals surface area (Å²) in [6.07, 6.45) is 2.76. The van der Waals surface area contributed by atoms with Crippen LogP contribution < -0.4 is 5.32 Å². The fourth-order valence-corrected chi connectivity index (χ4v) is 2.97. The monoisotopic (exact) mass is 359 g/mol. The Bertz CT molecular complexity index is 643. The number of nitrogens with one attached hydrogen (secondary N) is 1. The summed E-state index contributed by atoms with van der Waals surface area (Å²) in [5.41, 5.74) is 0. The Labute approximate surface area is 155 Å². The van der Waals surface area contributed by atoms with Gasteiger partial charge in [-0.3, -0.25) is 14.5 Å². The van der Waals surface area contributed by atoms with E-state index in [0.717, 1.165) is 19.5 Å². The van der Waals surface area contributed by atoms with Crippen molar-refractivity contribution in [2.75, 3.05) is 26.2 Å². The first-order chi connectivity index (χ1) is 12.5. The van der Waals surface area contributed by atoms with Crippen LogP contribution in [0, 0.1) is 17.8 Å². The van der Waals surface area contributed by atoms with E-state index in [-0.39, 0.29) is 18.2 Å². The Hall–Kier alpha value is -2.26. The molecular weight excluding hydrogens is 330 g/mol. The highest BCUT2D eigenvalue weighted by molar-refractivity contribution is 5.89. The van der Waals surface area contributed by atoms with E-state index in [9.17, 15) is 9.59 Å². The van der Waals surface area contributed by atoms with Crippen LogP contribution in [-0.4, -0.2) is 53.8 Å². The number of carbonyl (C=O) groups is 2. The Kier molecular flexibility index (Phi) is 7.73. The van der Waals surface area contributed by atoms with Gasteiger partial charge in [-0.05, 0) is 37.9 Å². The fraction of sp³-hybridized carbons (Fsp3) is 0.600. The van der Waals surface area contributed by atoms with Crippen LogP contribution in [0.2, 0.25) is 0 Å². The molecule has 1 saturated heterocycles. The van der Waals surface area contributed by atoms with Crippen LogP contribution in [0.1, 0.15) is 39.4 Å². The van der Waals surface area contributed by atoms with Crippen molar-refractivity contribution in [2.24, 2.45) is 5.92 Å². The van der Waals surface area contributed by atoms with Crippen LogP contribution >= 0.6 is 0 Å². The molecule has 0 radical (unpaired) electrons. The van der Waals surface area contributed by atoms with Crippen LogP contribution in [0.3, 0.4) is 0 Å². The lowest BCUT2D eigenvalue weighted by Crippen LogP contribution is -2.56. The molecule has 0 aromatic carbocycles. The molecule has 142 valence electrons. The third-order valence-corrected chi connectivity index (χ3v) is 4.53. The van der Waals surface area contributed by atoms with Crippen molar-refractivity contribution in [3.05, 3.63) is 24.2 Å². The molecule has 0 saturated carbocycles. The molecule has 2 amide bonds. The molecule has 0 unspecified atom stereocenters. The molecule has 6 heteroatoms. The lowest BCUT2D eigenvalue weighted by Gasteiger charge is -2.36. The van der Waals surface area contributed by atoms with Gasteiger partial charge in [0.1, 0.15) is 5.76 Å². The predicted molar refractivity (Wildman–Crippen MR) is 100 cm³/mol. The lowest BCUT2D eigenvalue weighted by atomic mass is 10.0. The predicted octanol–water partition coefficient (Wildman–Crippen LogP) is 1.87. The average Bonchev–Trinajstić information content (AvgIpc) is 3.12. The van der Waals surface area contributed by atoms with Gasteiger partial charge in [0.05, 0.1) is 31.8 Å². The molecule has 6 nitrogen and oxygen atoms in total. The highest BCUT2D eigenvalue weighted by atomic mass is 16.3. The molecule has 2 rings (SSSR count). The minimum atomic E-state index is -0.413. The molecule has 0 spiro atoms. The molecule has 1 aliphatic heterocycles. The Balaban J connectivity index is 2.05. The molecule has 1 aromatic heterocycles. The van der Waals surface area contributed by atoms with Crippen molar-refractivity contribution in [3.8, 4) is 11.8 Å². The molecular formula is C20H29N3O3. The molecule has 1 fully saturated rings. The highest BCUT2D eigenvalue weighted by Crippen LogP contribution is 2.15. The van der Waals surface area contributed by atoms with Crippen molar-refractivity contribution in [1.82, 2.24) is 15.1 Å². The number of nitrogens with zero attached hydrogens (tertiary/aromatic N) is 2. The van der Waals surface area contributed by atoms with E-state index in [1.54, 1.807) is 24.2 Å². The first-order valence-corrected chi connectivity index (χ1v) is 9.22. The van der Waals surface area contributed by atoms with Gasteiger partial charge in [-0.15, -0.1) is 5.92 Å². The van der Waals surface area contributed by atoms with Gasteiger partial charge in [-0.25, -0.2) is 0 Å². The van der Waals surface area contributed by atoms with Gasteiger partial charge in [0.25, 0.3) is 0 Å². The maximum Gasteiger partial charge on any atom is 0.237 e. The topological polar surface area (TPSA) is 65.8 Å². The van der Waals surface area contributed by atoms with Gasteiger partial charge in [-0.2, -0.15) is 0 Å².